The van der Waals surface area contributed by atoms with Gasteiger partial charge in [-0.3, -0.25) is 24.5 Å². The second-order valence-electron chi connectivity index (χ2n) is 7.05. The monoisotopic (exact) mass is 387 g/mol. The van der Waals surface area contributed by atoms with Crippen molar-refractivity contribution in [2.24, 2.45) is 5.73 Å². The summed E-state index contributed by atoms with van der Waals surface area (Å²) in [4.78, 5) is 49.8. The molecule has 4 amide bonds. The van der Waals surface area contributed by atoms with Gasteiger partial charge in [0, 0.05) is 29.8 Å². The predicted molar refractivity (Wildman–Crippen MR) is 102 cm³/mol. The third kappa shape index (κ3) is 4.14. The Kier molecular flexibility index (Phi) is 5.93. The van der Waals surface area contributed by atoms with E-state index >= 15 is 0 Å². The summed E-state index contributed by atoms with van der Waals surface area (Å²) in [5.74, 6) is -1.25. The Hall–Kier alpha value is -2.94. The number of nitrogens with two attached hydrogens (primary N) is 1. The number of rotatable bonds is 7. The lowest BCUT2D eigenvalue weighted by molar-refractivity contribution is -0.137. The van der Waals surface area contributed by atoms with E-state index in [0.717, 1.165) is 12.0 Å². The minimum absolute atomic E-state index is 0.0282. The number of hydrogen-bond donors (Lipinski definition) is 4. The first-order chi connectivity index (χ1) is 13.4. The first kappa shape index (κ1) is 19.8. The average molecular weight is 387 g/mol. The quantitative estimate of drug-likeness (QED) is 0.386. The molecule has 0 saturated carbocycles. The highest BCUT2D eigenvalue weighted by Gasteiger charge is 2.39. The molecule has 1 aromatic rings. The van der Waals surface area contributed by atoms with Crippen LogP contribution in [0.4, 0.5) is 5.69 Å². The van der Waals surface area contributed by atoms with Crippen LogP contribution in [-0.4, -0.2) is 47.3 Å². The smallest absolute Gasteiger partial charge is 0.255 e. The summed E-state index contributed by atoms with van der Waals surface area (Å²) in [5, 5.41) is 8.05. The van der Waals surface area contributed by atoms with Crippen molar-refractivity contribution in [1.82, 2.24) is 15.5 Å². The van der Waals surface area contributed by atoms with Crippen molar-refractivity contribution in [1.29, 1.82) is 0 Å². The molecule has 0 spiro atoms. The van der Waals surface area contributed by atoms with E-state index < -0.39 is 11.9 Å². The van der Waals surface area contributed by atoms with Gasteiger partial charge >= 0.3 is 0 Å². The molecular weight excluding hydrogens is 362 g/mol. The van der Waals surface area contributed by atoms with Crippen LogP contribution in [0.3, 0.4) is 0 Å². The van der Waals surface area contributed by atoms with Crippen LogP contribution in [0.15, 0.2) is 18.2 Å². The summed E-state index contributed by atoms with van der Waals surface area (Å²) in [6, 6.07) is 4.56. The summed E-state index contributed by atoms with van der Waals surface area (Å²) in [6.07, 6.45) is 1.71. The minimum atomic E-state index is -0.666. The number of carbonyl (C=O) groups is 4. The molecule has 1 saturated heterocycles. The molecule has 28 heavy (non-hydrogen) atoms. The van der Waals surface area contributed by atoms with Gasteiger partial charge in [0.1, 0.15) is 6.04 Å². The molecule has 0 aliphatic carbocycles. The van der Waals surface area contributed by atoms with Crippen molar-refractivity contribution in [3.05, 3.63) is 29.3 Å². The number of benzene rings is 1. The Balaban J connectivity index is 1.68. The molecule has 2 atom stereocenters. The summed E-state index contributed by atoms with van der Waals surface area (Å²) in [6.45, 7) is 2.27. The molecule has 1 aromatic carbocycles. The molecular formula is C19H25N5O4. The molecule has 9 heteroatoms. The highest BCUT2D eigenvalue weighted by Crippen LogP contribution is 2.32. The molecule has 1 fully saturated rings. The van der Waals surface area contributed by atoms with Gasteiger partial charge in [-0.1, -0.05) is 19.4 Å². The van der Waals surface area contributed by atoms with Crippen LogP contribution in [0.2, 0.25) is 0 Å². The lowest BCUT2D eigenvalue weighted by Gasteiger charge is -2.29. The van der Waals surface area contributed by atoms with Gasteiger partial charge in [-0.05, 0) is 25.0 Å². The van der Waals surface area contributed by atoms with Gasteiger partial charge in [0.05, 0.1) is 12.7 Å². The molecule has 2 aliphatic heterocycles. The van der Waals surface area contributed by atoms with Crippen LogP contribution in [-0.2, 0) is 20.9 Å². The molecule has 150 valence electrons. The summed E-state index contributed by atoms with van der Waals surface area (Å²) in [7, 11) is 0. The Morgan fingerprint density at radius 2 is 2.14 bits per heavy atom. The number of nitrogens with zero attached hydrogens (tertiary/aromatic N) is 1. The fraction of sp³-hybridized carbons (Fsp3) is 0.474. The number of carbonyl (C=O) groups excluding carboxylic acids is 4. The van der Waals surface area contributed by atoms with Crippen LogP contribution in [0.5, 0.6) is 0 Å². The predicted octanol–water partition coefficient (Wildman–Crippen LogP) is 0.0606. The van der Waals surface area contributed by atoms with Gasteiger partial charge in [-0.2, -0.15) is 0 Å². The zero-order valence-electron chi connectivity index (χ0n) is 15.8. The first-order valence-corrected chi connectivity index (χ1v) is 9.46. The van der Waals surface area contributed by atoms with E-state index in [-0.39, 0.29) is 43.4 Å². The molecule has 3 rings (SSSR count). The number of fused-ring (bicyclic) bond motifs is 1. The molecule has 2 aliphatic rings. The van der Waals surface area contributed by atoms with Crippen LogP contribution < -0.4 is 21.7 Å². The van der Waals surface area contributed by atoms with Gasteiger partial charge in [-0.15, -0.1) is 0 Å². The van der Waals surface area contributed by atoms with Crippen LogP contribution >= 0.6 is 0 Å². The van der Waals surface area contributed by atoms with Crippen molar-refractivity contribution in [2.45, 2.75) is 51.4 Å². The number of nitrogens with one attached hydrogen (secondary N) is 3. The van der Waals surface area contributed by atoms with Crippen LogP contribution in [0, 0.1) is 0 Å². The highest BCUT2D eigenvalue weighted by molar-refractivity contribution is 6.06. The number of amides is 4. The molecule has 2 heterocycles. The largest absolute Gasteiger partial charge is 0.376 e. The van der Waals surface area contributed by atoms with Gasteiger partial charge in [0.25, 0.3) is 5.91 Å². The zero-order chi connectivity index (χ0) is 20.3. The number of hydrogen-bond acceptors (Lipinski definition) is 6. The molecule has 0 aromatic heterocycles. The van der Waals surface area contributed by atoms with Crippen LogP contribution in [0.25, 0.3) is 0 Å². The van der Waals surface area contributed by atoms with E-state index in [1.54, 1.807) is 18.2 Å². The molecule has 2 unspecified atom stereocenters. The third-order valence-corrected chi connectivity index (χ3v) is 4.97. The molecule has 5 N–H and O–H groups in total. The van der Waals surface area contributed by atoms with Gasteiger partial charge < -0.3 is 21.3 Å². The average Bonchev–Trinajstić information content (AvgIpc) is 2.97. The fourth-order valence-electron chi connectivity index (χ4n) is 3.57. The summed E-state index contributed by atoms with van der Waals surface area (Å²) in [5.41, 5.74) is 7.72. The maximum atomic E-state index is 12.8. The van der Waals surface area contributed by atoms with Gasteiger partial charge in [0.15, 0.2) is 0 Å². The van der Waals surface area contributed by atoms with E-state index in [2.05, 4.69) is 16.0 Å². The van der Waals surface area contributed by atoms with E-state index in [0.29, 0.717) is 24.1 Å². The third-order valence-electron chi connectivity index (χ3n) is 4.97. The van der Waals surface area contributed by atoms with Crippen molar-refractivity contribution in [3.8, 4) is 0 Å². The van der Waals surface area contributed by atoms with Crippen molar-refractivity contribution < 1.29 is 19.2 Å². The van der Waals surface area contributed by atoms with E-state index in [1.165, 1.54) is 4.90 Å². The van der Waals surface area contributed by atoms with Gasteiger partial charge in [-0.25, -0.2) is 0 Å². The molecule has 0 radical (unpaired) electrons. The van der Waals surface area contributed by atoms with Crippen molar-refractivity contribution >= 4 is 29.3 Å². The van der Waals surface area contributed by atoms with E-state index in [4.69, 9.17) is 5.73 Å². The first-order valence-electron chi connectivity index (χ1n) is 9.46. The van der Waals surface area contributed by atoms with Crippen molar-refractivity contribution in [2.75, 3.05) is 11.9 Å². The molecule has 0 bridgehead atoms. The topological polar surface area (TPSA) is 134 Å². The second kappa shape index (κ2) is 8.39. The van der Waals surface area contributed by atoms with Crippen LogP contribution in [0.1, 0.15) is 48.5 Å². The van der Waals surface area contributed by atoms with E-state index in [9.17, 15) is 19.2 Å². The molecule has 9 nitrogen and oxygen atoms in total. The Morgan fingerprint density at radius 3 is 2.86 bits per heavy atom. The fourth-order valence-corrected chi connectivity index (χ4v) is 3.57. The summed E-state index contributed by atoms with van der Waals surface area (Å²) >= 11 is 0. The Bertz CT molecular complexity index is 810. The normalized spacial score (nSPS) is 19.9. The SMILES string of the molecule is CCCC(N)NC(=O)CNc1cccc2c1CN(C1CCC(=O)NC1=O)C2=O. The number of imide groups is 1. The lowest BCUT2D eigenvalue weighted by Crippen LogP contribution is -2.52. The van der Waals surface area contributed by atoms with Crippen molar-refractivity contribution in [3.63, 3.8) is 0 Å². The second-order valence-corrected chi connectivity index (χ2v) is 7.05. The van der Waals surface area contributed by atoms with Gasteiger partial charge in [0.2, 0.25) is 17.7 Å². The maximum absolute atomic E-state index is 12.8. The Morgan fingerprint density at radius 1 is 1.36 bits per heavy atom. The number of piperidine rings is 1. The zero-order valence-corrected chi connectivity index (χ0v) is 15.8. The number of anilines is 1. The minimum Gasteiger partial charge on any atom is -0.376 e. The highest BCUT2D eigenvalue weighted by atomic mass is 16.2. The standard InChI is InChI=1S/C19H25N5O4/c1-2-4-15(20)22-17(26)9-21-13-6-3-5-11-12(13)10-24(19(11)28)14-7-8-16(25)23-18(14)27/h3,5-6,14-15,21H,2,4,7-10,20H2,1H3,(H,22,26)(H,23,25,27). The Labute approximate surface area is 163 Å². The maximum Gasteiger partial charge on any atom is 0.255 e. The van der Waals surface area contributed by atoms with E-state index in [1.807, 2.05) is 6.92 Å². The summed E-state index contributed by atoms with van der Waals surface area (Å²) < 4.78 is 0. The lowest BCUT2D eigenvalue weighted by atomic mass is 10.0.